The second-order valence-electron chi connectivity index (χ2n) is 3.55. The lowest BCUT2D eigenvalue weighted by Gasteiger charge is -1.98. The molecule has 18 heavy (non-hydrogen) atoms. The second-order valence-corrected chi connectivity index (χ2v) is 3.55. The average molecular weight is 245 g/mol. The number of aromatic amines is 1. The Labute approximate surface area is 102 Å². The third-order valence-electron chi connectivity index (χ3n) is 2.26. The summed E-state index contributed by atoms with van der Waals surface area (Å²) in [6, 6.07) is 6.27. The minimum absolute atomic E-state index is 0.0960. The molecule has 2 aromatic heterocycles. The molecule has 0 fully saturated rings. The minimum atomic E-state index is -0.489. The van der Waals surface area contributed by atoms with E-state index < -0.39 is 5.91 Å². The lowest BCUT2D eigenvalue weighted by atomic mass is 10.4. The normalized spacial score (nSPS) is 10.7. The number of H-pyrrole nitrogens is 1. The number of amides is 1. The predicted octanol–water partition coefficient (Wildman–Crippen LogP) is -0.128. The van der Waals surface area contributed by atoms with Crippen molar-refractivity contribution in [2.45, 2.75) is 0 Å². The molecule has 0 saturated heterocycles. The number of nitrogens with zero attached hydrogens (tertiary/aromatic N) is 3. The molecule has 0 aliphatic carbocycles. The zero-order chi connectivity index (χ0) is 13.0. The van der Waals surface area contributed by atoms with E-state index in [1.54, 1.807) is 0 Å². The van der Waals surface area contributed by atoms with Crippen LogP contribution in [0.15, 0.2) is 40.4 Å². The fraction of sp³-hybridized carbons (Fsp3) is 0.0909. The number of aromatic nitrogens is 3. The summed E-state index contributed by atoms with van der Waals surface area (Å²) in [5, 5.41) is 9.55. The Hall–Kier alpha value is -2.70. The Kier molecular flexibility index (Phi) is 3.33. The molecule has 0 spiro atoms. The van der Waals surface area contributed by atoms with Gasteiger partial charge in [0.1, 0.15) is 0 Å². The SMILES string of the molecule is Cn1cccc1/C=N/NC(=O)c1ccc(=O)[nH]n1. The highest BCUT2D eigenvalue weighted by molar-refractivity contribution is 5.92. The third kappa shape index (κ3) is 2.70. The van der Waals surface area contributed by atoms with Gasteiger partial charge >= 0.3 is 0 Å². The van der Waals surface area contributed by atoms with Crippen molar-refractivity contribution in [3.8, 4) is 0 Å². The van der Waals surface area contributed by atoms with Gasteiger partial charge in [0.05, 0.1) is 11.9 Å². The topological polar surface area (TPSA) is 92.1 Å². The van der Waals surface area contributed by atoms with E-state index in [1.807, 2.05) is 29.9 Å². The maximum atomic E-state index is 11.6. The predicted molar refractivity (Wildman–Crippen MR) is 65.3 cm³/mol. The summed E-state index contributed by atoms with van der Waals surface area (Å²) in [6.45, 7) is 0. The molecule has 92 valence electrons. The fourth-order valence-corrected chi connectivity index (χ4v) is 1.29. The summed E-state index contributed by atoms with van der Waals surface area (Å²) < 4.78 is 1.86. The lowest BCUT2D eigenvalue weighted by Crippen LogP contribution is -2.21. The van der Waals surface area contributed by atoms with Gasteiger partial charge < -0.3 is 4.57 Å². The van der Waals surface area contributed by atoms with Gasteiger partial charge in [-0.2, -0.15) is 10.2 Å². The Morgan fingerprint density at radius 2 is 2.33 bits per heavy atom. The molecule has 0 bridgehead atoms. The summed E-state index contributed by atoms with van der Waals surface area (Å²) >= 11 is 0. The zero-order valence-electron chi connectivity index (χ0n) is 9.62. The first-order chi connectivity index (χ1) is 8.66. The molecular weight excluding hydrogens is 234 g/mol. The van der Waals surface area contributed by atoms with Crippen LogP contribution in [-0.2, 0) is 7.05 Å². The standard InChI is InChI=1S/C11H11N5O2/c1-16-6-2-3-8(16)7-12-15-11(18)9-4-5-10(17)14-13-9/h2-7H,1H3,(H,14,17)(H,15,18)/b12-7+. The van der Waals surface area contributed by atoms with E-state index in [0.29, 0.717) is 0 Å². The first-order valence-electron chi connectivity index (χ1n) is 5.17. The van der Waals surface area contributed by atoms with Gasteiger partial charge in [-0.15, -0.1) is 0 Å². The van der Waals surface area contributed by atoms with Crippen LogP contribution in [0.25, 0.3) is 0 Å². The maximum absolute atomic E-state index is 11.6. The molecule has 0 radical (unpaired) electrons. The zero-order valence-corrected chi connectivity index (χ0v) is 9.62. The second kappa shape index (κ2) is 5.09. The summed E-state index contributed by atoms with van der Waals surface area (Å²) in [5.74, 6) is -0.489. The number of rotatable bonds is 3. The number of carbonyl (C=O) groups is 1. The molecule has 2 heterocycles. The fourth-order valence-electron chi connectivity index (χ4n) is 1.29. The van der Waals surface area contributed by atoms with Gasteiger partial charge in [0.15, 0.2) is 5.69 Å². The Bertz CT molecular complexity index is 620. The highest BCUT2D eigenvalue weighted by atomic mass is 16.2. The van der Waals surface area contributed by atoms with Crippen LogP contribution < -0.4 is 11.0 Å². The molecule has 2 N–H and O–H groups in total. The first-order valence-corrected chi connectivity index (χ1v) is 5.17. The van der Waals surface area contributed by atoms with Gasteiger partial charge in [0.2, 0.25) is 0 Å². The van der Waals surface area contributed by atoms with Gasteiger partial charge in [-0.3, -0.25) is 9.59 Å². The molecule has 0 saturated carbocycles. The maximum Gasteiger partial charge on any atom is 0.291 e. The quantitative estimate of drug-likeness (QED) is 0.583. The highest BCUT2D eigenvalue weighted by Crippen LogP contribution is 1.95. The number of hydrogen-bond acceptors (Lipinski definition) is 4. The molecule has 0 unspecified atom stereocenters. The molecule has 0 atom stereocenters. The monoisotopic (exact) mass is 245 g/mol. The van der Waals surface area contributed by atoms with Crippen LogP contribution in [-0.4, -0.2) is 26.9 Å². The molecule has 2 aromatic rings. The molecule has 0 aromatic carbocycles. The van der Waals surface area contributed by atoms with Crippen LogP contribution in [0.3, 0.4) is 0 Å². The number of hydrazone groups is 1. The van der Waals surface area contributed by atoms with Gasteiger partial charge in [-0.1, -0.05) is 0 Å². The molecule has 7 heteroatoms. The van der Waals surface area contributed by atoms with Crippen molar-refractivity contribution in [3.63, 3.8) is 0 Å². The van der Waals surface area contributed by atoms with Crippen molar-refractivity contribution in [3.05, 3.63) is 52.2 Å². The summed E-state index contributed by atoms with van der Waals surface area (Å²) in [7, 11) is 1.87. The number of hydrogen-bond donors (Lipinski definition) is 2. The Morgan fingerprint density at radius 1 is 1.50 bits per heavy atom. The van der Waals surface area contributed by atoms with E-state index in [9.17, 15) is 9.59 Å². The number of aryl methyl sites for hydroxylation is 1. The van der Waals surface area contributed by atoms with E-state index >= 15 is 0 Å². The van der Waals surface area contributed by atoms with Crippen LogP contribution in [0, 0.1) is 0 Å². The Balaban J connectivity index is 2.00. The van der Waals surface area contributed by atoms with E-state index in [0.717, 1.165) is 5.69 Å². The van der Waals surface area contributed by atoms with Crippen molar-refractivity contribution < 1.29 is 4.79 Å². The van der Waals surface area contributed by atoms with Gasteiger partial charge in [0.25, 0.3) is 11.5 Å². The molecule has 1 amide bonds. The van der Waals surface area contributed by atoms with Crippen molar-refractivity contribution in [1.29, 1.82) is 0 Å². The van der Waals surface area contributed by atoms with Crippen LogP contribution >= 0.6 is 0 Å². The van der Waals surface area contributed by atoms with Crippen LogP contribution in [0.1, 0.15) is 16.2 Å². The van der Waals surface area contributed by atoms with Crippen molar-refractivity contribution in [2.75, 3.05) is 0 Å². The van der Waals surface area contributed by atoms with Crippen LogP contribution in [0.2, 0.25) is 0 Å². The van der Waals surface area contributed by atoms with Gasteiger partial charge in [-0.25, -0.2) is 10.5 Å². The molecular formula is C11H11N5O2. The van der Waals surface area contributed by atoms with Gasteiger partial charge in [-0.05, 0) is 18.2 Å². The Morgan fingerprint density at radius 3 is 2.94 bits per heavy atom. The number of carbonyl (C=O) groups excluding carboxylic acids is 1. The molecule has 0 aliphatic heterocycles. The first kappa shape index (κ1) is 11.8. The average Bonchev–Trinajstić information content (AvgIpc) is 2.76. The minimum Gasteiger partial charge on any atom is -0.350 e. The van der Waals surface area contributed by atoms with Crippen LogP contribution in [0.5, 0.6) is 0 Å². The molecule has 2 rings (SSSR count). The van der Waals surface area contributed by atoms with Gasteiger partial charge in [0, 0.05) is 19.3 Å². The lowest BCUT2D eigenvalue weighted by molar-refractivity contribution is 0.0949. The summed E-state index contributed by atoms with van der Waals surface area (Å²) in [6.07, 6.45) is 3.39. The number of nitrogens with one attached hydrogen (secondary N) is 2. The summed E-state index contributed by atoms with van der Waals surface area (Å²) in [4.78, 5) is 22.3. The van der Waals surface area contributed by atoms with Crippen molar-refractivity contribution in [1.82, 2.24) is 20.2 Å². The third-order valence-corrected chi connectivity index (χ3v) is 2.26. The van der Waals surface area contributed by atoms with Crippen molar-refractivity contribution in [2.24, 2.45) is 12.1 Å². The summed E-state index contributed by atoms with van der Waals surface area (Å²) in [5.41, 5.74) is 2.90. The van der Waals surface area contributed by atoms with Crippen molar-refractivity contribution >= 4 is 12.1 Å². The van der Waals surface area contributed by atoms with E-state index in [2.05, 4.69) is 20.7 Å². The highest BCUT2D eigenvalue weighted by Gasteiger charge is 2.05. The van der Waals surface area contributed by atoms with E-state index in [4.69, 9.17) is 0 Å². The van der Waals surface area contributed by atoms with E-state index in [1.165, 1.54) is 18.3 Å². The molecule has 0 aliphatic rings. The van der Waals surface area contributed by atoms with E-state index in [-0.39, 0.29) is 11.3 Å². The largest absolute Gasteiger partial charge is 0.350 e. The van der Waals surface area contributed by atoms with Crippen LogP contribution in [0.4, 0.5) is 0 Å². The smallest absolute Gasteiger partial charge is 0.291 e. The molecule has 7 nitrogen and oxygen atoms in total.